The molecule has 3 heteroatoms. The first kappa shape index (κ1) is 13.1. The third-order valence-corrected chi connectivity index (χ3v) is 3.00. The molecule has 96 valence electrons. The molecule has 0 atom stereocenters. The number of rotatable bonds is 3. The quantitative estimate of drug-likeness (QED) is 0.841. The van der Waals surface area contributed by atoms with Gasteiger partial charge in [-0.15, -0.1) is 0 Å². The van der Waals surface area contributed by atoms with Crippen LogP contribution in [0.5, 0.6) is 0 Å². The maximum atomic E-state index is 8.99. The monoisotopic (exact) mass is 251 g/mol. The normalized spacial score (nSPS) is 10.0. The van der Waals surface area contributed by atoms with Crippen molar-refractivity contribution in [3.05, 3.63) is 58.8 Å². The average molecular weight is 251 g/mol. The zero-order valence-corrected chi connectivity index (χ0v) is 11.5. The van der Waals surface area contributed by atoms with Gasteiger partial charge in [0.25, 0.3) is 0 Å². The molecule has 1 heterocycles. The Morgan fingerprint density at radius 1 is 1.16 bits per heavy atom. The van der Waals surface area contributed by atoms with Gasteiger partial charge in [0.05, 0.1) is 11.6 Å². The predicted molar refractivity (Wildman–Crippen MR) is 77.0 cm³/mol. The van der Waals surface area contributed by atoms with Crippen molar-refractivity contribution in [3.63, 3.8) is 0 Å². The number of anilines is 1. The van der Waals surface area contributed by atoms with Crippen LogP contribution in [0.15, 0.2) is 36.4 Å². The van der Waals surface area contributed by atoms with Crippen molar-refractivity contribution in [1.29, 1.82) is 5.26 Å². The van der Waals surface area contributed by atoms with Gasteiger partial charge in [-0.25, -0.2) is 4.98 Å². The van der Waals surface area contributed by atoms with Crippen LogP contribution < -0.4 is 4.90 Å². The van der Waals surface area contributed by atoms with Crippen molar-refractivity contribution >= 4 is 5.82 Å². The number of nitrogens with zero attached hydrogens (tertiary/aromatic N) is 3. The smallest absolute Gasteiger partial charge is 0.130 e. The minimum Gasteiger partial charge on any atom is -0.355 e. The second kappa shape index (κ2) is 5.53. The molecule has 0 spiro atoms. The molecule has 1 aromatic carbocycles. The zero-order valence-electron chi connectivity index (χ0n) is 11.5. The summed E-state index contributed by atoms with van der Waals surface area (Å²) in [6.07, 6.45) is 0. The molecule has 1 aromatic heterocycles. The third-order valence-electron chi connectivity index (χ3n) is 3.00. The highest BCUT2D eigenvalue weighted by molar-refractivity contribution is 5.46. The van der Waals surface area contributed by atoms with Gasteiger partial charge in [-0.05, 0) is 31.5 Å². The highest BCUT2D eigenvalue weighted by Gasteiger charge is 2.06. The topological polar surface area (TPSA) is 39.9 Å². The van der Waals surface area contributed by atoms with Crippen molar-refractivity contribution in [2.45, 2.75) is 20.4 Å². The summed E-state index contributed by atoms with van der Waals surface area (Å²) in [5.41, 5.74) is 4.00. The van der Waals surface area contributed by atoms with Gasteiger partial charge in [-0.1, -0.05) is 29.8 Å². The Balaban J connectivity index is 2.20. The van der Waals surface area contributed by atoms with Crippen LogP contribution in [0, 0.1) is 25.2 Å². The van der Waals surface area contributed by atoms with E-state index in [1.54, 1.807) is 6.07 Å². The summed E-state index contributed by atoms with van der Waals surface area (Å²) < 4.78 is 0. The number of hydrogen-bond acceptors (Lipinski definition) is 3. The molecule has 0 fully saturated rings. The third kappa shape index (κ3) is 3.32. The molecule has 3 nitrogen and oxygen atoms in total. The second-order valence-corrected chi connectivity index (χ2v) is 4.81. The lowest BCUT2D eigenvalue weighted by Gasteiger charge is -2.19. The van der Waals surface area contributed by atoms with E-state index in [4.69, 9.17) is 5.26 Å². The van der Waals surface area contributed by atoms with E-state index in [0.29, 0.717) is 5.56 Å². The highest BCUT2D eigenvalue weighted by atomic mass is 15.2. The van der Waals surface area contributed by atoms with Gasteiger partial charge in [0.1, 0.15) is 5.82 Å². The van der Waals surface area contributed by atoms with Crippen LogP contribution in [0.2, 0.25) is 0 Å². The van der Waals surface area contributed by atoms with Gasteiger partial charge in [-0.2, -0.15) is 5.26 Å². The Labute approximate surface area is 114 Å². The minimum absolute atomic E-state index is 0.651. The van der Waals surface area contributed by atoms with Crippen molar-refractivity contribution in [3.8, 4) is 6.07 Å². The summed E-state index contributed by atoms with van der Waals surface area (Å²) in [6, 6.07) is 14.2. The van der Waals surface area contributed by atoms with E-state index < -0.39 is 0 Å². The summed E-state index contributed by atoms with van der Waals surface area (Å²) in [7, 11) is 1.99. The summed E-state index contributed by atoms with van der Waals surface area (Å²) in [4.78, 5) is 6.52. The van der Waals surface area contributed by atoms with Crippen molar-refractivity contribution in [2.75, 3.05) is 11.9 Å². The van der Waals surface area contributed by atoms with Crippen LogP contribution in [0.4, 0.5) is 5.82 Å². The molecular formula is C16H17N3. The molecular weight excluding hydrogens is 234 g/mol. The summed E-state index contributed by atoms with van der Waals surface area (Å²) in [6.45, 7) is 4.76. The molecule has 0 aliphatic rings. The van der Waals surface area contributed by atoms with E-state index in [1.807, 2.05) is 20.0 Å². The van der Waals surface area contributed by atoms with Crippen LogP contribution in [0.1, 0.15) is 22.4 Å². The maximum Gasteiger partial charge on any atom is 0.130 e. The van der Waals surface area contributed by atoms with Crippen LogP contribution >= 0.6 is 0 Å². The Hall–Kier alpha value is -2.34. The number of aryl methyl sites for hydroxylation is 2. The molecule has 0 aliphatic heterocycles. The number of benzene rings is 1. The fraction of sp³-hybridized carbons (Fsp3) is 0.250. The molecule has 0 amide bonds. The lowest BCUT2D eigenvalue weighted by molar-refractivity contribution is 0.891. The zero-order chi connectivity index (χ0) is 13.8. The first-order chi connectivity index (χ1) is 9.08. The molecule has 2 aromatic rings. The highest BCUT2D eigenvalue weighted by Crippen LogP contribution is 2.16. The number of pyridine rings is 1. The molecule has 0 bridgehead atoms. The van der Waals surface area contributed by atoms with Crippen LogP contribution in [-0.4, -0.2) is 12.0 Å². The van der Waals surface area contributed by atoms with E-state index >= 15 is 0 Å². The van der Waals surface area contributed by atoms with Crippen LogP contribution in [0.25, 0.3) is 0 Å². The Morgan fingerprint density at radius 2 is 1.84 bits per heavy atom. The van der Waals surface area contributed by atoms with E-state index in [9.17, 15) is 0 Å². The minimum atomic E-state index is 0.651. The largest absolute Gasteiger partial charge is 0.355 e. The number of nitriles is 1. The van der Waals surface area contributed by atoms with Gasteiger partial charge in [-0.3, -0.25) is 0 Å². The molecule has 19 heavy (non-hydrogen) atoms. The van der Waals surface area contributed by atoms with E-state index in [0.717, 1.165) is 18.1 Å². The standard InChI is InChI=1S/C16H17N3/c1-12-4-6-14(7-5-12)11-19(3)16-9-15(10-17)8-13(2)18-16/h4-9H,11H2,1-3H3. The first-order valence-electron chi connectivity index (χ1n) is 6.24. The predicted octanol–water partition coefficient (Wildman–Crippen LogP) is 3.21. The van der Waals surface area contributed by atoms with E-state index in [1.165, 1.54) is 11.1 Å². The van der Waals surface area contributed by atoms with Gasteiger partial charge < -0.3 is 4.90 Å². The Morgan fingerprint density at radius 3 is 2.47 bits per heavy atom. The lowest BCUT2D eigenvalue weighted by atomic mass is 10.1. The van der Waals surface area contributed by atoms with Gasteiger partial charge >= 0.3 is 0 Å². The lowest BCUT2D eigenvalue weighted by Crippen LogP contribution is -2.18. The maximum absolute atomic E-state index is 8.99. The van der Waals surface area contributed by atoms with Gasteiger partial charge in [0.15, 0.2) is 0 Å². The molecule has 0 saturated heterocycles. The Kier molecular flexibility index (Phi) is 3.82. The molecule has 0 radical (unpaired) electrons. The van der Waals surface area contributed by atoms with Gasteiger partial charge in [0, 0.05) is 19.3 Å². The first-order valence-corrected chi connectivity index (χ1v) is 6.24. The molecule has 0 N–H and O–H groups in total. The van der Waals surface area contributed by atoms with Crippen molar-refractivity contribution in [2.24, 2.45) is 0 Å². The molecule has 0 saturated carbocycles. The summed E-state index contributed by atoms with van der Waals surface area (Å²) in [5.74, 6) is 0.831. The SMILES string of the molecule is Cc1ccc(CN(C)c2cc(C#N)cc(C)n2)cc1. The summed E-state index contributed by atoms with van der Waals surface area (Å²) in [5, 5.41) is 8.99. The van der Waals surface area contributed by atoms with Gasteiger partial charge in [0.2, 0.25) is 0 Å². The number of hydrogen-bond donors (Lipinski definition) is 0. The fourth-order valence-corrected chi connectivity index (χ4v) is 1.96. The number of aromatic nitrogens is 1. The second-order valence-electron chi connectivity index (χ2n) is 4.81. The van der Waals surface area contributed by atoms with Crippen molar-refractivity contribution < 1.29 is 0 Å². The molecule has 0 aliphatic carbocycles. The average Bonchev–Trinajstić information content (AvgIpc) is 2.40. The molecule has 2 rings (SSSR count). The molecule has 0 unspecified atom stereocenters. The van der Waals surface area contributed by atoms with E-state index in [-0.39, 0.29) is 0 Å². The van der Waals surface area contributed by atoms with Crippen LogP contribution in [0.3, 0.4) is 0 Å². The fourth-order valence-electron chi connectivity index (χ4n) is 1.96. The van der Waals surface area contributed by atoms with E-state index in [2.05, 4.69) is 47.1 Å². The summed E-state index contributed by atoms with van der Waals surface area (Å²) >= 11 is 0. The Bertz CT molecular complexity index is 609. The van der Waals surface area contributed by atoms with Crippen LogP contribution in [-0.2, 0) is 6.54 Å². The van der Waals surface area contributed by atoms with Crippen molar-refractivity contribution in [1.82, 2.24) is 4.98 Å².